The number of carboxylic acids is 1. The Morgan fingerprint density at radius 3 is 2.76 bits per heavy atom. The van der Waals surface area contributed by atoms with Gasteiger partial charge < -0.3 is 15.7 Å². The van der Waals surface area contributed by atoms with E-state index >= 15 is 0 Å². The second-order valence-corrected chi connectivity index (χ2v) is 4.73. The molecule has 110 valence electrons. The van der Waals surface area contributed by atoms with Crippen molar-refractivity contribution in [2.45, 2.75) is 13.5 Å². The summed E-state index contributed by atoms with van der Waals surface area (Å²) in [5.41, 5.74) is 2.14. The highest BCUT2D eigenvalue weighted by Gasteiger charge is 2.10. The van der Waals surface area contributed by atoms with Crippen LogP contribution in [0, 0.1) is 6.92 Å². The fourth-order valence-electron chi connectivity index (χ4n) is 1.65. The molecular formula is C13H13ClN4O3. The molecule has 0 aliphatic carbocycles. The molecule has 0 fully saturated rings. The number of aryl methyl sites for hydroxylation is 1. The first-order valence-corrected chi connectivity index (χ1v) is 6.41. The number of anilines is 1. The number of nitrogens with zero attached hydrogens (tertiary/aromatic N) is 1. The number of aromatic carboxylic acids is 1. The number of amides is 2. The van der Waals surface area contributed by atoms with Crippen LogP contribution in [0.5, 0.6) is 0 Å². The Morgan fingerprint density at radius 2 is 2.19 bits per heavy atom. The predicted octanol–water partition coefficient (Wildman–Crippen LogP) is 2.39. The molecule has 0 atom stereocenters. The summed E-state index contributed by atoms with van der Waals surface area (Å²) in [4.78, 5) is 22.5. The lowest BCUT2D eigenvalue weighted by Gasteiger charge is -2.09. The van der Waals surface area contributed by atoms with Crippen LogP contribution in [0.25, 0.3) is 0 Å². The van der Waals surface area contributed by atoms with Gasteiger partial charge in [0.2, 0.25) is 0 Å². The maximum absolute atomic E-state index is 11.8. The minimum absolute atomic E-state index is 0.0555. The Bertz CT molecular complexity index is 684. The molecule has 0 saturated heterocycles. The summed E-state index contributed by atoms with van der Waals surface area (Å²) in [6.45, 7) is 2.17. The molecule has 2 rings (SSSR count). The molecule has 0 aliphatic rings. The third-order valence-electron chi connectivity index (χ3n) is 2.84. The van der Waals surface area contributed by atoms with Gasteiger partial charge in [-0.15, -0.1) is 0 Å². The topological polar surface area (TPSA) is 107 Å². The summed E-state index contributed by atoms with van der Waals surface area (Å²) in [6, 6.07) is 3.64. The molecular weight excluding hydrogens is 296 g/mol. The summed E-state index contributed by atoms with van der Waals surface area (Å²) in [7, 11) is 0. The number of aromatic amines is 1. The number of H-pyrrole nitrogens is 1. The van der Waals surface area contributed by atoms with Gasteiger partial charge >= 0.3 is 12.0 Å². The van der Waals surface area contributed by atoms with Crippen molar-refractivity contribution in [1.29, 1.82) is 0 Å². The van der Waals surface area contributed by atoms with Gasteiger partial charge in [0.15, 0.2) is 0 Å². The van der Waals surface area contributed by atoms with Crippen LogP contribution in [0.3, 0.4) is 0 Å². The predicted molar refractivity (Wildman–Crippen MR) is 77.6 cm³/mol. The molecule has 0 saturated carbocycles. The number of halogens is 1. The Hall–Kier alpha value is -2.54. The quantitative estimate of drug-likeness (QED) is 0.695. The zero-order chi connectivity index (χ0) is 15.4. The van der Waals surface area contributed by atoms with Gasteiger partial charge in [-0.05, 0) is 25.1 Å². The number of hydrogen-bond donors (Lipinski definition) is 4. The first kappa shape index (κ1) is 14.9. The highest BCUT2D eigenvalue weighted by Crippen LogP contribution is 2.23. The average Bonchev–Trinajstić information content (AvgIpc) is 2.84. The lowest BCUT2D eigenvalue weighted by Crippen LogP contribution is -2.28. The van der Waals surface area contributed by atoms with Crippen LogP contribution in [-0.2, 0) is 6.54 Å². The van der Waals surface area contributed by atoms with Gasteiger partial charge in [-0.3, -0.25) is 5.10 Å². The second kappa shape index (κ2) is 6.27. The number of nitrogens with one attached hydrogen (secondary N) is 3. The third kappa shape index (κ3) is 3.73. The Labute approximate surface area is 125 Å². The molecule has 0 radical (unpaired) electrons. The molecule has 0 aliphatic heterocycles. The van der Waals surface area contributed by atoms with E-state index < -0.39 is 12.0 Å². The first-order valence-electron chi connectivity index (χ1n) is 6.04. The van der Waals surface area contributed by atoms with Crippen molar-refractivity contribution >= 4 is 29.3 Å². The molecule has 7 nitrogen and oxygen atoms in total. The Kier molecular flexibility index (Phi) is 4.44. The van der Waals surface area contributed by atoms with Crippen molar-refractivity contribution < 1.29 is 14.7 Å². The van der Waals surface area contributed by atoms with Crippen molar-refractivity contribution in [2.24, 2.45) is 0 Å². The number of hydrogen-bond acceptors (Lipinski definition) is 3. The van der Waals surface area contributed by atoms with Gasteiger partial charge in [0.25, 0.3) is 0 Å². The second-order valence-electron chi connectivity index (χ2n) is 4.33. The zero-order valence-electron chi connectivity index (χ0n) is 11.1. The van der Waals surface area contributed by atoms with Gasteiger partial charge in [-0.25, -0.2) is 9.59 Å². The molecule has 2 aromatic rings. The molecule has 1 heterocycles. The molecule has 1 aromatic carbocycles. The largest absolute Gasteiger partial charge is 0.478 e. The van der Waals surface area contributed by atoms with Crippen LogP contribution >= 0.6 is 11.6 Å². The number of benzene rings is 1. The third-order valence-corrected chi connectivity index (χ3v) is 3.15. The van der Waals surface area contributed by atoms with Crippen LogP contribution in [-0.4, -0.2) is 27.3 Å². The van der Waals surface area contributed by atoms with Crippen LogP contribution < -0.4 is 10.6 Å². The minimum atomic E-state index is -1.08. The standard InChI is InChI=1S/C13H13ClN4O3/c1-7-9(6-16-18-7)5-15-13(21)17-11-3-2-8(12(19)20)4-10(11)14/h2-4,6H,5H2,1H3,(H,16,18)(H,19,20)(H2,15,17,21). The van der Waals surface area contributed by atoms with E-state index in [2.05, 4.69) is 20.8 Å². The number of carboxylic acid groups (broad SMARTS) is 1. The molecule has 8 heteroatoms. The van der Waals surface area contributed by atoms with Crippen molar-refractivity contribution in [3.05, 3.63) is 46.2 Å². The fraction of sp³-hybridized carbons (Fsp3) is 0.154. The van der Waals surface area contributed by atoms with Crippen molar-refractivity contribution in [3.63, 3.8) is 0 Å². The SMILES string of the molecule is Cc1[nH]ncc1CNC(=O)Nc1ccc(C(=O)O)cc1Cl. The summed E-state index contributed by atoms with van der Waals surface area (Å²) in [5.74, 6) is -1.08. The minimum Gasteiger partial charge on any atom is -0.478 e. The van der Waals surface area contributed by atoms with Crippen LogP contribution in [0.4, 0.5) is 10.5 Å². The van der Waals surface area contributed by atoms with E-state index in [1.165, 1.54) is 18.2 Å². The maximum Gasteiger partial charge on any atom is 0.335 e. The summed E-state index contributed by atoms with van der Waals surface area (Å²) >= 11 is 5.92. The van der Waals surface area contributed by atoms with E-state index in [1.54, 1.807) is 6.20 Å². The van der Waals surface area contributed by atoms with E-state index in [4.69, 9.17) is 16.7 Å². The number of rotatable bonds is 4. The number of aromatic nitrogens is 2. The summed E-state index contributed by atoms with van der Waals surface area (Å²) in [5, 5.41) is 20.8. The Morgan fingerprint density at radius 1 is 1.43 bits per heavy atom. The molecule has 1 aromatic heterocycles. The smallest absolute Gasteiger partial charge is 0.335 e. The molecule has 4 N–H and O–H groups in total. The highest BCUT2D eigenvalue weighted by molar-refractivity contribution is 6.34. The van der Waals surface area contributed by atoms with E-state index in [9.17, 15) is 9.59 Å². The van der Waals surface area contributed by atoms with E-state index in [1.807, 2.05) is 6.92 Å². The van der Waals surface area contributed by atoms with Gasteiger partial charge in [0.05, 0.1) is 22.5 Å². The molecule has 0 spiro atoms. The number of carbonyl (C=O) groups is 2. The van der Waals surface area contributed by atoms with E-state index in [-0.39, 0.29) is 10.6 Å². The van der Waals surface area contributed by atoms with E-state index in [0.29, 0.717) is 12.2 Å². The summed E-state index contributed by atoms with van der Waals surface area (Å²) < 4.78 is 0. The molecule has 21 heavy (non-hydrogen) atoms. The van der Waals surface area contributed by atoms with Crippen molar-refractivity contribution in [3.8, 4) is 0 Å². The van der Waals surface area contributed by atoms with Crippen molar-refractivity contribution in [2.75, 3.05) is 5.32 Å². The van der Waals surface area contributed by atoms with Crippen LogP contribution in [0.1, 0.15) is 21.6 Å². The average molecular weight is 309 g/mol. The lowest BCUT2D eigenvalue weighted by molar-refractivity contribution is 0.0697. The summed E-state index contributed by atoms with van der Waals surface area (Å²) in [6.07, 6.45) is 1.63. The van der Waals surface area contributed by atoms with Gasteiger partial charge in [0, 0.05) is 17.8 Å². The molecule has 0 bridgehead atoms. The maximum atomic E-state index is 11.8. The monoisotopic (exact) mass is 308 g/mol. The zero-order valence-corrected chi connectivity index (χ0v) is 11.9. The van der Waals surface area contributed by atoms with Gasteiger partial charge in [-0.1, -0.05) is 11.6 Å². The van der Waals surface area contributed by atoms with E-state index in [0.717, 1.165) is 11.3 Å². The molecule has 2 amide bonds. The lowest BCUT2D eigenvalue weighted by atomic mass is 10.2. The van der Waals surface area contributed by atoms with Crippen molar-refractivity contribution in [1.82, 2.24) is 15.5 Å². The van der Waals surface area contributed by atoms with Crippen LogP contribution in [0.15, 0.2) is 24.4 Å². The van der Waals surface area contributed by atoms with Crippen LogP contribution in [0.2, 0.25) is 5.02 Å². The van der Waals surface area contributed by atoms with Gasteiger partial charge in [0.1, 0.15) is 0 Å². The normalized spacial score (nSPS) is 10.2. The number of urea groups is 1. The fourth-order valence-corrected chi connectivity index (χ4v) is 1.87. The Balaban J connectivity index is 1.96. The van der Waals surface area contributed by atoms with Gasteiger partial charge in [-0.2, -0.15) is 5.10 Å². The highest BCUT2D eigenvalue weighted by atomic mass is 35.5. The first-order chi connectivity index (χ1) is 9.97. The number of carbonyl (C=O) groups excluding carboxylic acids is 1. The molecule has 0 unspecified atom stereocenters.